The van der Waals surface area contributed by atoms with Crippen LogP contribution in [0.15, 0.2) is 53.8 Å². The maximum absolute atomic E-state index is 13.3. The van der Waals surface area contributed by atoms with Gasteiger partial charge in [-0.3, -0.25) is 18.8 Å². The van der Waals surface area contributed by atoms with E-state index in [-0.39, 0.29) is 24.2 Å². The summed E-state index contributed by atoms with van der Waals surface area (Å²) in [6.07, 6.45) is 5.75. The Hall–Kier alpha value is -3.89. The molecule has 1 amide bonds. The molecule has 1 fully saturated rings. The molecule has 0 spiro atoms. The van der Waals surface area contributed by atoms with Crippen LogP contribution in [-0.4, -0.2) is 71.1 Å². The van der Waals surface area contributed by atoms with Crippen LogP contribution in [0.3, 0.4) is 0 Å². The molecule has 0 bridgehead atoms. The average molecular weight is 489 g/mol. The van der Waals surface area contributed by atoms with E-state index < -0.39 is 6.04 Å². The number of carbonyl (C=O) groups excluding carboxylic acids is 1. The molecular weight excluding hydrogens is 460 g/mol. The fraction of sp³-hybridized carbons (Fsp3) is 0.346. The minimum absolute atomic E-state index is 0.0685. The number of hydrogen-bond acceptors (Lipinski definition) is 7. The highest BCUT2D eigenvalue weighted by Crippen LogP contribution is 2.29. The van der Waals surface area contributed by atoms with Gasteiger partial charge in [-0.15, -0.1) is 0 Å². The number of aliphatic hydroxyl groups is 2. The van der Waals surface area contributed by atoms with Crippen LogP contribution in [0, 0.1) is 0 Å². The van der Waals surface area contributed by atoms with Crippen molar-refractivity contribution in [2.24, 2.45) is 7.05 Å². The largest absolute Gasteiger partial charge is 0.394 e. The zero-order chi connectivity index (χ0) is 25.4. The third kappa shape index (κ3) is 4.40. The molecule has 4 aromatic rings. The number of rotatable bonds is 5. The lowest BCUT2D eigenvalue weighted by Crippen LogP contribution is -2.40. The number of carbonyl (C=O) groups is 1. The van der Waals surface area contributed by atoms with Gasteiger partial charge in [0.25, 0.3) is 11.5 Å². The summed E-state index contributed by atoms with van der Waals surface area (Å²) in [6.45, 7) is 2.63. The summed E-state index contributed by atoms with van der Waals surface area (Å²) in [4.78, 5) is 37.3. The second-order valence-corrected chi connectivity index (χ2v) is 9.24. The minimum Gasteiger partial charge on any atom is -0.394 e. The number of amides is 1. The number of pyridine rings is 1. The second kappa shape index (κ2) is 9.63. The highest BCUT2D eigenvalue weighted by molar-refractivity contribution is 5.96. The quantitative estimate of drug-likeness (QED) is 0.440. The highest BCUT2D eigenvalue weighted by Gasteiger charge is 2.23. The van der Waals surface area contributed by atoms with Crippen molar-refractivity contribution in [1.29, 1.82) is 0 Å². The lowest BCUT2D eigenvalue weighted by atomic mass is 10.0. The standard InChI is InChI=1S/C26H28N6O4/c1-16(14-33)32-15-27-24-21(26(32)36)11-22(29-23(24)19-12-28-30(2)13-19)17-3-5-18(6-4-17)25(35)31-9-7-20(34)8-10-31/h3-6,11-13,15-16,20,33-34H,7-10,14H2,1-2H3/t16-/m0/s1. The van der Waals surface area contributed by atoms with E-state index in [0.717, 1.165) is 11.1 Å². The van der Waals surface area contributed by atoms with E-state index in [2.05, 4.69) is 10.1 Å². The maximum Gasteiger partial charge on any atom is 0.261 e. The molecule has 36 heavy (non-hydrogen) atoms. The molecule has 0 unspecified atom stereocenters. The predicted octanol–water partition coefficient (Wildman–Crippen LogP) is 2.01. The molecule has 5 rings (SSSR count). The van der Waals surface area contributed by atoms with Gasteiger partial charge >= 0.3 is 0 Å². The number of fused-ring (bicyclic) bond motifs is 1. The van der Waals surface area contributed by atoms with Gasteiger partial charge in [-0.25, -0.2) is 9.97 Å². The van der Waals surface area contributed by atoms with Crippen molar-refractivity contribution in [2.45, 2.75) is 31.9 Å². The monoisotopic (exact) mass is 488 g/mol. The van der Waals surface area contributed by atoms with Crippen molar-refractivity contribution in [1.82, 2.24) is 29.2 Å². The zero-order valence-electron chi connectivity index (χ0n) is 20.2. The summed E-state index contributed by atoms with van der Waals surface area (Å²) in [7, 11) is 1.80. The Labute approximate surface area is 207 Å². The molecule has 0 aliphatic carbocycles. The number of likely N-dealkylation sites (tertiary alicyclic amines) is 1. The van der Waals surface area contributed by atoms with Crippen LogP contribution in [-0.2, 0) is 7.05 Å². The molecule has 10 nitrogen and oxygen atoms in total. The first-order valence-electron chi connectivity index (χ1n) is 11.9. The summed E-state index contributed by atoms with van der Waals surface area (Å²) in [5.41, 5.74) is 3.31. The number of piperidine rings is 1. The van der Waals surface area contributed by atoms with E-state index in [9.17, 15) is 19.8 Å². The number of hydrogen-bond donors (Lipinski definition) is 2. The molecule has 1 aliphatic heterocycles. The summed E-state index contributed by atoms with van der Waals surface area (Å²) in [5, 5.41) is 23.9. The molecule has 1 aromatic carbocycles. The molecule has 10 heteroatoms. The summed E-state index contributed by atoms with van der Waals surface area (Å²) < 4.78 is 3.07. The Bertz CT molecular complexity index is 1470. The Morgan fingerprint density at radius 1 is 1.17 bits per heavy atom. The maximum atomic E-state index is 13.3. The number of nitrogens with zero attached hydrogens (tertiary/aromatic N) is 6. The Morgan fingerprint density at radius 3 is 2.53 bits per heavy atom. The van der Waals surface area contributed by atoms with Crippen LogP contribution in [0.1, 0.15) is 36.2 Å². The van der Waals surface area contributed by atoms with Crippen molar-refractivity contribution >= 4 is 16.8 Å². The van der Waals surface area contributed by atoms with Crippen LogP contribution < -0.4 is 5.56 Å². The minimum atomic E-state index is -0.422. The summed E-state index contributed by atoms with van der Waals surface area (Å²) in [5.74, 6) is -0.0685. The summed E-state index contributed by atoms with van der Waals surface area (Å²) in [6, 6.07) is 8.43. The Morgan fingerprint density at radius 2 is 1.89 bits per heavy atom. The molecule has 0 radical (unpaired) electrons. The first kappa shape index (κ1) is 23.8. The molecule has 3 aromatic heterocycles. The molecule has 186 valence electrons. The van der Waals surface area contributed by atoms with Crippen molar-refractivity contribution in [3.8, 4) is 22.5 Å². The van der Waals surface area contributed by atoms with Gasteiger partial charge in [0.05, 0.1) is 42.4 Å². The average Bonchev–Trinajstić information content (AvgIpc) is 3.34. The normalized spacial score (nSPS) is 15.4. The topological polar surface area (TPSA) is 126 Å². The molecule has 0 saturated carbocycles. The van der Waals surface area contributed by atoms with Crippen molar-refractivity contribution in [3.05, 3.63) is 65.0 Å². The third-order valence-corrected chi connectivity index (χ3v) is 6.67. The van der Waals surface area contributed by atoms with E-state index in [4.69, 9.17) is 4.98 Å². The number of aryl methyl sites for hydroxylation is 1. The van der Waals surface area contributed by atoms with Crippen LogP contribution in [0.2, 0.25) is 0 Å². The molecular formula is C26H28N6O4. The van der Waals surface area contributed by atoms with Crippen LogP contribution in [0.4, 0.5) is 0 Å². The molecule has 2 N–H and O–H groups in total. The van der Waals surface area contributed by atoms with Gasteiger partial charge in [0.2, 0.25) is 0 Å². The highest BCUT2D eigenvalue weighted by atomic mass is 16.3. The fourth-order valence-electron chi connectivity index (χ4n) is 4.47. The van der Waals surface area contributed by atoms with E-state index in [1.807, 2.05) is 18.3 Å². The molecule has 1 atom stereocenters. The van der Waals surface area contributed by atoms with Crippen molar-refractivity contribution in [2.75, 3.05) is 19.7 Å². The third-order valence-electron chi connectivity index (χ3n) is 6.67. The van der Waals surface area contributed by atoms with Crippen LogP contribution >= 0.6 is 0 Å². The molecule has 1 aliphatic rings. The van der Waals surface area contributed by atoms with Crippen LogP contribution in [0.5, 0.6) is 0 Å². The van der Waals surface area contributed by atoms with Gasteiger partial charge in [0.1, 0.15) is 11.2 Å². The lowest BCUT2D eigenvalue weighted by molar-refractivity contribution is 0.0546. The van der Waals surface area contributed by atoms with E-state index in [1.165, 1.54) is 10.9 Å². The Kier molecular flexibility index (Phi) is 6.38. The van der Waals surface area contributed by atoms with E-state index in [0.29, 0.717) is 53.8 Å². The smallest absolute Gasteiger partial charge is 0.261 e. The SMILES string of the molecule is C[C@@H](CO)n1cnc2c(-c3cnn(C)c3)nc(-c3ccc(C(=O)N4CCC(O)CC4)cc3)cc2c1=O. The number of aliphatic hydroxyl groups excluding tert-OH is 2. The van der Waals surface area contributed by atoms with Crippen molar-refractivity contribution < 1.29 is 15.0 Å². The van der Waals surface area contributed by atoms with Gasteiger partial charge in [0, 0.05) is 43.0 Å². The lowest BCUT2D eigenvalue weighted by Gasteiger charge is -2.29. The van der Waals surface area contributed by atoms with Gasteiger partial charge in [-0.1, -0.05) is 12.1 Å². The van der Waals surface area contributed by atoms with Gasteiger partial charge < -0.3 is 15.1 Å². The Balaban J connectivity index is 1.58. The predicted molar refractivity (Wildman–Crippen MR) is 134 cm³/mol. The number of benzene rings is 1. The number of aromatic nitrogens is 5. The van der Waals surface area contributed by atoms with E-state index >= 15 is 0 Å². The first-order chi connectivity index (χ1) is 17.4. The van der Waals surface area contributed by atoms with E-state index in [1.54, 1.807) is 47.9 Å². The van der Waals surface area contributed by atoms with Crippen molar-refractivity contribution in [3.63, 3.8) is 0 Å². The van der Waals surface area contributed by atoms with Gasteiger partial charge in [-0.05, 0) is 38.0 Å². The van der Waals surface area contributed by atoms with Crippen LogP contribution in [0.25, 0.3) is 33.4 Å². The van der Waals surface area contributed by atoms with Gasteiger partial charge in [-0.2, -0.15) is 5.10 Å². The molecule has 4 heterocycles. The zero-order valence-corrected chi connectivity index (χ0v) is 20.2. The molecule has 1 saturated heterocycles. The summed E-state index contributed by atoms with van der Waals surface area (Å²) >= 11 is 0. The fourth-order valence-corrected chi connectivity index (χ4v) is 4.47. The first-order valence-corrected chi connectivity index (χ1v) is 11.9. The second-order valence-electron chi connectivity index (χ2n) is 9.24. The van der Waals surface area contributed by atoms with Gasteiger partial charge in [0.15, 0.2) is 0 Å².